The lowest BCUT2D eigenvalue weighted by atomic mass is 9.75. The normalized spacial score (nSPS) is 20.6. The van der Waals surface area contributed by atoms with Crippen molar-refractivity contribution < 1.29 is 4.79 Å². The molecule has 1 atom stereocenters. The maximum atomic E-state index is 13.5. The van der Waals surface area contributed by atoms with Crippen LogP contribution in [0.2, 0.25) is 0 Å². The van der Waals surface area contributed by atoms with Gasteiger partial charge in [-0.1, -0.05) is 26.0 Å². The van der Waals surface area contributed by atoms with E-state index in [9.17, 15) is 4.79 Å². The zero-order chi connectivity index (χ0) is 20.3. The van der Waals surface area contributed by atoms with E-state index in [-0.39, 0.29) is 11.8 Å². The summed E-state index contributed by atoms with van der Waals surface area (Å²) in [5.74, 6) is 1.07. The maximum Gasteiger partial charge on any atom is 0.237 e. The lowest BCUT2D eigenvalue weighted by molar-refractivity contribution is -0.125. The molecule has 0 saturated carbocycles. The summed E-state index contributed by atoms with van der Waals surface area (Å²) >= 11 is 0. The van der Waals surface area contributed by atoms with E-state index in [2.05, 4.69) is 58.7 Å². The fourth-order valence-corrected chi connectivity index (χ4v) is 4.52. The Morgan fingerprint density at radius 3 is 2.66 bits per heavy atom. The van der Waals surface area contributed by atoms with Crippen LogP contribution in [0.4, 0.5) is 5.69 Å². The van der Waals surface area contributed by atoms with Gasteiger partial charge in [-0.3, -0.25) is 9.69 Å². The van der Waals surface area contributed by atoms with E-state index in [1.54, 1.807) is 0 Å². The van der Waals surface area contributed by atoms with Crippen molar-refractivity contribution in [2.45, 2.75) is 27.2 Å². The molecule has 0 radical (unpaired) electrons. The second-order valence-corrected chi connectivity index (χ2v) is 8.57. The zero-order valence-electron chi connectivity index (χ0n) is 17.2. The number of rotatable bonds is 2. The molecule has 29 heavy (non-hydrogen) atoms. The number of fused-ring (bicyclic) bond motifs is 2. The Hall–Kier alpha value is -3.21. The van der Waals surface area contributed by atoms with Crippen molar-refractivity contribution in [3.05, 3.63) is 72.1 Å². The summed E-state index contributed by atoms with van der Waals surface area (Å²) in [6.45, 7) is 6.00. The number of aromatic nitrogens is 3. The summed E-state index contributed by atoms with van der Waals surface area (Å²) in [4.78, 5) is 24.1. The first kappa shape index (κ1) is 17.9. The van der Waals surface area contributed by atoms with Crippen LogP contribution in [0, 0.1) is 18.3 Å². The molecule has 1 amide bonds. The summed E-state index contributed by atoms with van der Waals surface area (Å²) in [5, 5.41) is 1.17. The quantitative estimate of drug-likeness (QED) is 0.647. The van der Waals surface area contributed by atoms with E-state index in [1.165, 1.54) is 5.39 Å². The average molecular weight is 384 g/mol. The van der Waals surface area contributed by atoms with Crippen LogP contribution in [0.1, 0.15) is 31.7 Å². The highest BCUT2D eigenvalue weighted by Crippen LogP contribution is 2.50. The fourth-order valence-electron chi connectivity index (χ4n) is 4.52. The summed E-state index contributed by atoms with van der Waals surface area (Å²) in [5.41, 5.74) is 4.72. The van der Waals surface area contributed by atoms with Crippen molar-refractivity contribution in [3.63, 3.8) is 0 Å². The summed E-state index contributed by atoms with van der Waals surface area (Å²) in [7, 11) is 2.03. The first-order chi connectivity index (χ1) is 13.9. The van der Waals surface area contributed by atoms with E-state index in [1.807, 2.05) is 43.5 Å². The highest BCUT2D eigenvalue weighted by molar-refractivity contribution is 6.06. The predicted molar refractivity (Wildman–Crippen MR) is 115 cm³/mol. The second-order valence-electron chi connectivity index (χ2n) is 8.57. The van der Waals surface area contributed by atoms with E-state index in [0.29, 0.717) is 0 Å². The highest BCUT2D eigenvalue weighted by atomic mass is 16.2. The van der Waals surface area contributed by atoms with Gasteiger partial charge in [0, 0.05) is 48.3 Å². The van der Waals surface area contributed by atoms with Gasteiger partial charge in [-0.25, -0.2) is 9.97 Å². The van der Waals surface area contributed by atoms with Crippen LogP contribution >= 0.6 is 0 Å². The van der Waals surface area contributed by atoms with Crippen molar-refractivity contribution in [2.75, 3.05) is 4.90 Å². The summed E-state index contributed by atoms with van der Waals surface area (Å²) < 4.78 is 2.09. The minimum Gasteiger partial charge on any atom is -0.350 e. The molecule has 1 saturated heterocycles. The molecular weight excluding hydrogens is 360 g/mol. The van der Waals surface area contributed by atoms with Crippen molar-refractivity contribution in [2.24, 2.45) is 18.4 Å². The van der Waals surface area contributed by atoms with Crippen molar-refractivity contribution in [1.82, 2.24) is 14.5 Å². The largest absolute Gasteiger partial charge is 0.350 e. The van der Waals surface area contributed by atoms with Crippen LogP contribution in [0.25, 0.3) is 16.5 Å². The van der Waals surface area contributed by atoms with Crippen LogP contribution < -0.4 is 4.90 Å². The molecule has 5 rings (SSSR count). The molecule has 1 aliphatic carbocycles. The number of carbonyl (C=O) groups excluding carboxylic acids is 1. The van der Waals surface area contributed by atoms with Gasteiger partial charge in [0.05, 0.1) is 11.1 Å². The van der Waals surface area contributed by atoms with Gasteiger partial charge in [-0.15, -0.1) is 0 Å². The van der Waals surface area contributed by atoms with Crippen LogP contribution in [0.5, 0.6) is 0 Å². The first-order valence-electron chi connectivity index (χ1n) is 9.96. The van der Waals surface area contributed by atoms with E-state index in [0.717, 1.165) is 40.3 Å². The van der Waals surface area contributed by atoms with Gasteiger partial charge >= 0.3 is 0 Å². The monoisotopic (exact) mass is 384 g/mol. The number of aryl methyl sites for hydroxylation is 2. The number of hydrogen-bond acceptors (Lipinski definition) is 3. The van der Waals surface area contributed by atoms with Crippen LogP contribution in [0.15, 0.2) is 60.7 Å². The summed E-state index contributed by atoms with van der Waals surface area (Å²) in [6, 6.07) is 8.34. The molecule has 0 bridgehead atoms. The molecule has 1 aliphatic heterocycles. The molecule has 1 unspecified atom stereocenters. The average Bonchev–Trinajstić information content (AvgIpc) is 3.17. The molecule has 3 aromatic rings. The standard InChI is InChI=1S/C24H24N4O/c1-15-25-13-18(14-26-15)17-6-8-20-22(11-17)28(23(29)24(20,2)3)19-7-5-16-9-10-27(4)21(16)12-19/h5-7,9-14,20H,8H2,1-4H3. The molecule has 1 fully saturated rings. The molecule has 2 aromatic heterocycles. The third-order valence-corrected chi connectivity index (χ3v) is 6.36. The Balaban J connectivity index is 1.63. The SMILES string of the molecule is Cc1ncc(C2=CCC3C(=C2)N(c2ccc4ccn(C)c4c2)C(=O)C3(C)C)cn1. The topological polar surface area (TPSA) is 51.0 Å². The van der Waals surface area contributed by atoms with Gasteiger partial charge < -0.3 is 4.57 Å². The highest BCUT2D eigenvalue weighted by Gasteiger charge is 2.51. The Labute approximate surface area is 170 Å². The first-order valence-corrected chi connectivity index (χ1v) is 9.96. The molecule has 146 valence electrons. The Bertz CT molecular complexity index is 1200. The van der Waals surface area contributed by atoms with Crippen molar-refractivity contribution in [3.8, 4) is 0 Å². The van der Waals surface area contributed by atoms with Crippen LogP contribution in [-0.4, -0.2) is 20.4 Å². The number of anilines is 1. The molecule has 0 spiro atoms. The lowest BCUT2D eigenvalue weighted by Gasteiger charge is -2.26. The number of carbonyl (C=O) groups is 1. The third kappa shape index (κ3) is 2.64. The smallest absolute Gasteiger partial charge is 0.237 e. The van der Waals surface area contributed by atoms with Gasteiger partial charge in [-0.05, 0) is 48.6 Å². The molecule has 0 N–H and O–H groups in total. The number of hydrogen-bond donors (Lipinski definition) is 0. The Morgan fingerprint density at radius 1 is 1.14 bits per heavy atom. The van der Waals surface area contributed by atoms with Gasteiger partial charge in [0.2, 0.25) is 5.91 Å². The minimum atomic E-state index is -0.444. The molecule has 1 aromatic carbocycles. The minimum absolute atomic E-state index is 0.150. The fraction of sp³-hybridized carbons (Fsp3) is 0.292. The van der Waals surface area contributed by atoms with Gasteiger partial charge in [0.1, 0.15) is 5.82 Å². The predicted octanol–water partition coefficient (Wildman–Crippen LogP) is 4.64. The second kappa shape index (κ2) is 6.14. The molecule has 2 aliphatic rings. The number of allylic oxidation sites excluding steroid dienone is 4. The van der Waals surface area contributed by atoms with Crippen molar-refractivity contribution in [1.29, 1.82) is 0 Å². The van der Waals surface area contributed by atoms with E-state index in [4.69, 9.17) is 0 Å². The molecule has 3 heterocycles. The molecule has 5 nitrogen and oxygen atoms in total. The lowest BCUT2D eigenvalue weighted by Crippen LogP contribution is -2.31. The number of benzene rings is 1. The Kier molecular flexibility index (Phi) is 3.78. The van der Waals surface area contributed by atoms with Crippen molar-refractivity contribution >= 4 is 28.1 Å². The van der Waals surface area contributed by atoms with Gasteiger partial charge in [0.25, 0.3) is 0 Å². The van der Waals surface area contributed by atoms with Crippen LogP contribution in [0.3, 0.4) is 0 Å². The number of amides is 1. The van der Waals surface area contributed by atoms with Crippen LogP contribution in [-0.2, 0) is 11.8 Å². The molecular formula is C24H24N4O. The van der Waals surface area contributed by atoms with Gasteiger partial charge in [0.15, 0.2) is 0 Å². The van der Waals surface area contributed by atoms with E-state index < -0.39 is 5.41 Å². The van der Waals surface area contributed by atoms with Gasteiger partial charge in [-0.2, -0.15) is 0 Å². The zero-order valence-corrected chi connectivity index (χ0v) is 17.2. The number of nitrogens with zero attached hydrogens (tertiary/aromatic N) is 4. The third-order valence-electron chi connectivity index (χ3n) is 6.36. The molecule has 5 heteroatoms. The maximum absolute atomic E-state index is 13.5. The van der Waals surface area contributed by atoms with E-state index >= 15 is 0 Å². The Morgan fingerprint density at radius 2 is 1.90 bits per heavy atom. The summed E-state index contributed by atoms with van der Waals surface area (Å²) in [6.07, 6.45) is 10.9.